The molecule has 144 valence electrons. The van der Waals surface area contributed by atoms with Crippen molar-refractivity contribution in [1.29, 1.82) is 0 Å². The number of urea groups is 1. The molecule has 8 nitrogen and oxygen atoms in total. The standard InChI is InChI=1S/C18H21N3O5S/c1-4-11(2)19-18(24)21-15(22)9-26-17(23)14-10-27-16(20-14)12-5-7-13(25-3)8-6-12/h5-8,10-11H,4,9H2,1-3H3,(H2,19,21,22,24)/t11-/m0/s1. The smallest absolute Gasteiger partial charge is 0.358 e. The number of hydrogen-bond donors (Lipinski definition) is 2. The summed E-state index contributed by atoms with van der Waals surface area (Å²) in [6.07, 6.45) is 0.733. The van der Waals surface area contributed by atoms with Crippen LogP contribution >= 0.6 is 11.3 Å². The van der Waals surface area contributed by atoms with Gasteiger partial charge in [-0.25, -0.2) is 14.6 Å². The van der Waals surface area contributed by atoms with Crippen molar-refractivity contribution < 1.29 is 23.9 Å². The fraction of sp³-hybridized carbons (Fsp3) is 0.333. The Morgan fingerprint density at radius 3 is 2.56 bits per heavy atom. The van der Waals surface area contributed by atoms with Crippen LogP contribution in [0.15, 0.2) is 29.6 Å². The van der Waals surface area contributed by atoms with Gasteiger partial charge >= 0.3 is 12.0 Å². The van der Waals surface area contributed by atoms with E-state index in [0.29, 0.717) is 5.01 Å². The van der Waals surface area contributed by atoms with Gasteiger partial charge in [-0.05, 0) is 37.6 Å². The molecule has 0 aliphatic rings. The van der Waals surface area contributed by atoms with E-state index >= 15 is 0 Å². The average Bonchev–Trinajstić information content (AvgIpc) is 3.16. The summed E-state index contributed by atoms with van der Waals surface area (Å²) in [5, 5.41) is 6.87. The minimum atomic E-state index is -0.733. The number of nitrogens with one attached hydrogen (secondary N) is 2. The predicted octanol–water partition coefficient (Wildman–Crippen LogP) is 2.60. The number of rotatable bonds is 7. The van der Waals surface area contributed by atoms with E-state index in [1.807, 2.05) is 26.0 Å². The zero-order chi connectivity index (χ0) is 19.8. The lowest BCUT2D eigenvalue weighted by Crippen LogP contribution is -2.44. The predicted molar refractivity (Wildman–Crippen MR) is 101 cm³/mol. The van der Waals surface area contributed by atoms with Crippen LogP contribution in [0.4, 0.5) is 4.79 Å². The van der Waals surface area contributed by atoms with Crippen LogP contribution in [0.5, 0.6) is 5.75 Å². The summed E-state index contributed by atoms with van der Waals surface area (Å²) in [4.78, 5) is 39.5. The molecule has 1 aromatic carbocycles. The van der Waals surface area contributed by atoms with Crippen molar-refractivity contribution in [2.75, 3.05) is 13.7 Å². The van der Waals surface area contributed by atoms with E-state index in [1.165, 1.54) is 11.3 Å². The van der Waals surface area contributed by atoms with Crippen molar-refractivity contribution in [3.63, 3.8) is 0 Å². The summed E-state index contributed by atoms with van der Waals surface area (Å²) in [5.74, 6) is -0.725. The third-order valence-corrected chi connectivity index (χ3v) is 4.52. The van der Waals surface area contributed by atoms with Crippen LogP contribution in [0.3, 0.4) is 0 Å². The summed E-state index contributed by atoms with van der Waals surface area (Å²) in [7, 11) is 1.58. The van der Waals surface area contributed by atoms with E-state index in [2.05, 4.69) is 15.6 Å². The fourth-order valence-electron chi connectivity index (χ4n) is 1.96. The summed E-state index contributed by atoms with van der Waals surface area (Å²) < 4.78 is 10.0. The van der Waals surface area contributed by atoms with Crippen LogP contribution in [0, 0.1) is 0 Å². The molecule has 9 heteroatoms. The first kappa shape index (κ1) is 20.4. The molecule has 0 saturated carbocycles. The van der Waals surface area contributed by atoms with E-state index in [1.54, 1.807) is 24.6 Å². The van der Waals surface area contributed by atoms with Gasteiger partial charge in [0.15, 0.2) is 12.3 Å². The highest BCUT2D eigenvalue weighted by Crippen LogP contribution is 2.25. The number of imide groups is 1. The van der Waals surface area contributed by atoms with Gasteiger partial charge in [0.05, 0.1) is 7.11 Å². The molecule has 1 heterocycles. The van der Waals surface area contributed by atoms with E-state index < -0.39 is 24.5 Å². The Morgan fingerprint density at radius 2 is 1.93 bits per heavy atom. The number of benzene rings is 1. The lowest BCUT2D eigenvalue weighted by molar-refractivity contribution is -0.123. The number of nitrogens with zero attached hydrogens (tertiary/aromatic N) is 1. The molecule has 1 atom stereocenters. The van der Waals surface area contributed by atoms with Gasteiger partial charge in [0.1, 0.15) is 10.8 Å². The maximum Gasteiger partial charge on any atom is 0.358 e. The minimum Gasteiger partial charge on any atom is -0.497 e. The minimum absolute atomic E-state index is 0.0632. The number of ether oxygens (including phenoxy) is 2. The Morgan fingerprint density at radius 1 is 1.22 bits per heavy atom. The third kappa shape index (κ3) is 6.07. The number of aromatic nitrogens is 1. The molecule has 0 aliphatic carbocycles. The first-order valence-electron chi connectivity index (χ1n) is 8.30. The zero-order valence-corrected chi connectivity index (χ0v) is 16.1. The number of esters is 1. The maximum atomic E-state index is 12.0. The van der Waals surface area contributed by atoms with Crippen molar-refractivity contribution in [3.05, 3.63) is 35.3 Å². The van der Waals surface area contributed by atoms with Crippen LogP contribution in [-0.4, -0.2) is 42.7 Å². The second-order valence-electron chi connectivity index (χ2n) is 5.67. The Hall–Kier alpha value is -2.94. The number of hydrogen-bond acceptors (Lipinski definition) is 7. The quantitative estimate of drug-likeness (QED) is 0.703. The Kier molecular flexibility index (Phi) is 7.30. The molecule has 3 amide bonds. The van der Waals surface area contributed by atoms with Crippen LogP contribution in [0.25, 0.3) is 10.6 Å². The summed E-state index contributed by atoms with van der Waals surface area (Å²) >= 11 is 1.28. The second kappa shape index (κ2) is 9.67. The lowest BCUT2D eigenvalue weighted by atomic mass is 10.2. The fourth-order valence-corrected chi connectivity index (χ4v) is 2.76. The molecule has 0 bridgehead atoms. The van der Waals surface area contributed by atoms with Crippen LogP contribution in [-0.2, 0) is 9.53 Å². The number of carbonyl (C=O) groups is 3. The van der Waals surface area contributed by atoms with Crippen molar-refractivity contribution in [2.24, 2.45) is 0 Å². The van der Waals surface area contributed by atoms with Gasteiger partial charge in [0.2, 0.25) is 0 Å². The molecule has 2 rings (SSSR count). The molecule has 0 saturated heterocycles. The molecule has 0 radical (unpaired) electrons. The van der Waals surface area contributed by atoms with Crippen LogP contribution in [0.1, 0.15) is 30.8 Å². The molecule has 0 aliphatic heterocycles. The number of thiazole rings is 1. The van der Waals surface area contributed by atoms with Crippen LogP contribution in [0.2, 0.25) is 0 Å². The van der Waals surface area contributed by atoms with Crippen molar-refractivity contribution in [3.8, 4) is 16.3 Å². The Balaban J connectivity index is 1.86. The number of methoxy groups -OCH3 is 1. The van der Waals surface area contributed by atoms with Crippen LogP contribution < -0.4 is 15.4 Å². The molecule has 0 unspecified atom stereocenters. The second-order valence-corrected chi connectivity index (χ2v) is 6.53. The SMILES string of the molecule is CC[C@H](C)NC(=O)NC(=O)COC(=O)c1csc(-c2ccc(OC)cc2)n1. The molecule has 2 aromatic rings. The molecule has 0 spiro atoms. The highest BCUT2D eigenvalue weighted by Gasteiger charge is 2.16. The molecule has 1 aromatic heterocycles. The monoisotopic (exact) mass is 391 g/mol. The average molecular weight is 391 g/mol. The Labute approximate surface area is 160 Å². The highest BCUT2D eigenvalue weighted by atomic mass is 32.1. The summed E-state index contributed by atoms with van der Waals surface area (Å²) in [5.41, 5.74) is 0.932. The molecular formula is C18H21N3O5S. The summed E-state index contributed by atoms with van der Waals surface area (Å²) in [6.45, 7) is 3.15. The van der Waals surface area contributed by atoms with Crippen molar-refractivity contribution in [2.45, 2.75) is 26.3 Å². The molecular weight excluding hydrogens is 370 g/mol. The van der Waals surface area contributed by atoms with Gasteiger partial charge in [-0.1, -0.05) is 6.92 Å². The van der Waals surface area contributed by atoms with Crippen molar-refractivity contribution in [1.82, 2.24) is 15.6 Å². The number of carbonyl (C=O) groups excluding carboxylic acids is 3. The summed E-state index contributed by atoms with van der Waals surface area (Å²) in [6, 6.07) is 6.56. The number of amides is 3. The lowest BCUT2D eigenvalue weighted by Gasteiger charge is -2.11. The normalized spacial score (nSPS) is 11.4. The van der Waals surface area contributed by atoms with Gasteiger partial charge in [-0.15, -0.1) is 11.3 Å². The first-order chi connectivity index (χ1) is 12.9. The van der Waals surface area contributed by atoms with Gasteiger partial charge in [-0.2, -0.15) is 0 Å². The highest BCUT2D eigenvalue weighted by molar-refractivity contribution is 7.13. The maximum absolute atomic E-state index is 12.0. The van der Waals surface area contributed by atoms with E-state index in [9.17, 15) is 14.4 Å². The first-order valence-corrected chi connectivity index (χ1v) is 9.18. The topological polar surface area (TPSA) is 107 Å². The van der Waals surface area contributed by atoms with Gasteiger partial charge in [0.25, 0.3) is 5.91 Å². The van der Waals surface area contributed by atoms with Gasteiger partial charge in [0, 0.05) is 17.0 Å². The van der Waals surface area contributed by atoms with E-state index in [0.717, 1.165) is 17.7 Å². The van der Waals surface area contributed by atoms with E-state index in [-0.39, 0.29) is 11.7 Å². The zero-order valence-electron chi connectivity index (χ0n) is 15.3. The largest absolute Gasteiger partial charge is 0.497 e. The third-order valence-electron chi connectivity index (χ3n) is 3.63. The van der Waals surface area contributed by atoms with E-state index in [4.69, 9.17) is 9.47 Å². The Bertz CT molecular complexity index is 804. The van der Waals surface area contributed by atoms with Gasteiger partial charge in [-0.3, -0.25) is 10.1 Å². The molecule has 0 fully saturated rings. The molecule has 27 heavy (non-hydrogen) atoms. The molecule has 2 N–H and O–H groups in total. The van der Waals surface area contributed by atoms with Crippen molar-refractivity contribution >= 4 is 29.2 Å². The van der Waals surface area contributed by atoms with Gasteiger partial charge < -0.3 is 14.8 Å².